The Bertz CT molecular complexity index is 1440. The minimum Gasteiger partial charge on any atom is -0.494 e. The maximum Gasteiger partial charge on any atom is 0.335 e. The maximum atomic E-state index is 13.6. The fourth-order valence-corrected chi connectivity index (χ4v) is 3.75. The van der Waals surface area contributed by atoms with Gasteiger partial charge < -0.3 is 9.84 Å². The second kappa shape index (κ2) is 7.21. The van der Waals surface area contributed by atoms with Crippen LogP contribution in [0.25, 0.3) is 44.2 Å². The van der Waals surface area contributed by atoms with Crippen LogP contribution >= 0.6 is 0 Å². The molecule has 3 aromatic carbocycles. The van der Waals surface area contributed by atoms with Gasteiger partial charge in [0.1, 0.15) is 11.5 Å². The fraction of sp³-hybridized carbons (Fsp3) is 0.0417. The van der Waals surface area contributed by atoms with E-state index in [0.29, 0.717) is 22.5 Å². The predicted molar refractivity (Wildman–Crippen MR) is 116 cm³/mol. The van der Waals surface area contributed by atoms with Crippen LogP contribution in [0.3, 0.4) is 0 Å². The summed E-state index contributed by atoms with van der Waals surface area (Å²) in [5.74, 6) is -0.813. The number of rotatable bonds is 4. The lowest BCUT2D eigenvalue weighted by Crippen LogP contribution is -1.99. The number of ether oxygens (including phenoxy) is 1. The van der Waals surface area contributed by atoms with E-state index in [1.54, 1.807) is 37.6 Å². The van der Waals surface area contributed by atoms with E-state index in [2.05, 4.69) is 10.2 Å². The first-order valence-corrected chi connectivity index (χ1v) is 9.49. The molecule has 0 spiro atoms. The van der Waals surface area contributed by atoms with Crippen molar-refractivity contribution in [3.8, 4) is 28.1 Å². The van der Waals surface area contributed by atoms with E-state index in [0.717, 1.165) is 27.4 Å². The molecule has 0 saturated carbocycles. The Labute approximate surface area is 175 Å². The van der Waals surface area contributed by atoms with Crippen molar-refractivity contribution in [3.05, 3.63) is 78.2 Å². The van der Waals surface area contributed by atoms with Crippen molar-refractivity contribution in [2.45, 2.75) is 0 Å². The van der Waals surface area contributed by atoms with Gasteiger partial charge in [0.15, 0.2) is 5.75 Å². The lowest BCUT2D eigenvalue weighted by atomic mass is 9.95. The number of hydrogen-bond acceptors (Lipinski definition) is 4. The van der Waals surface area contributed by atoms with Crippen LogP contribution in [-0.4, -0.2) is 33.4 Å². The topological polar surface area (TPSA) is 88.1 Å². The number of carboxylic acid groups (broad SMARTS) is 1. The van der Waals surface area contributed by atoms with Gasteiger partial charge in [0, 0.05) is 21.9 Å². The molecule has 5 aromatic rings. The summed E-state index contributed by atoms with van der Waals surface area (Å²) in [6, 6.07) is 16.5. The summed E-state index contributed by atoms with van der Waals surface area (Å²) in [7, 11) is 1.56. The molecule has 152 valence electrons. The van der Waals surface area contributed by atoms with Crippen molar-refractivity contribution < 1.29 is 19.0 Å². The molecule has 0 fully saturated rings. The number of pyridine rings is 1. The first-order chi connectivity index (χ1) is 15.0. The zero-order valence-corrected chi connectivity index (χ0v) is 16.4. The van der Waals surface area contributed by atoms with Gasteiger partial charge in [-0.1, -0.05) is 24.3 Å². The van der Waals surface area contributed by atoms with E-state index in [1.165, 1.54) is 24.3 Å². The number of carboxylic acids is 1. The SMILES string of the molecule is COc1c(-c2ccc(C(=O)O)cc2)nc2cc3[nH]ncc3cc2c1-c1ccc(F)cc1. The van der Waals surface area contributed by atoms with Crippen LogP contribution in [0.2, 0.25) is 0 Å². The van der Waals surface area contributed by atoms with E-state index in [4.69, 9.17) is 9.72 Å². The number of fused-ring (bicyclic) bond motifs is 2. The molecule has 6 nitrogen and oxygen atoms in total. The van der Waals surface area contributed by atoms with Crippen molar-refractivity contribution in [1.29, 1.82) is 0 Å². The number of aromatic amines is 1. The van der Waals surface area contributed by atoms with E-state index in [1.807, 2.05) is 12.1 Å². The average Bonchev–Trinajstić information content (AvgIpc) is 3.24. The van der Waals surface area contributed by atoms with E-state index in [9.17, 15) is 14.3 Å². The van der Waals surface area contributed by atoms with Crippen LogP contribution in [0.15, 0.2) is 66.9 Å². The molecule has 5 rings (SSSR count). The zero-order chi connectivity index (χ0) is 21.5. The summed E-state index contributed by atoms with van der Waals surface area (Å²) in [6.07, 6.45) is 1.73. The van der Waals surface area contributed by atoms with Crippen LogP contribution < -0.4 is 4.74 Å². The van der Waals surface area contributed by atoms with Gasteiger partial charge in [0.2, 0.25) is 0 Å². The monoisotopic (exact) mass is 413 g/mol. The van der Waals surface area contributed by atoms with Gasteiger partial charge in [-0.15, -0.1) is 0 Å². The number of nitrogens with one attached hydrogen (secondary N) is 1. The number of benzene rings is 3. The van der Waals surface area contributed by atoms with Crippen LogP contribution in [0.1, 0.15) is 10.4 Å². The highest BCUT2D eigenvalue weighted by atomic mass is 19.1. The molecule has 0 bridgehead atoms. The number of H-pyrrole nitrogens is 1. The Kier molecular flexibility index (Phi) is 4.36. The molecular weight excluding hydrogens is 397 g/mol. The first-order valence-electron chi connectivity index (χ1n) is 9.49. The average molecular weight is 413 g/mol. The number of aromatic carboxylic acids is 1. The Balaban J connectivity index is 1.86. The molecule has 2 heterocycles. The Morgan fingerprint density at radius 1 is 1.03 bits per heavy atom. The molecule has 0 unspecified atom stereocenters. The number of nitrogens with zero attached hydrogens (tertiary/aromatic N) is 2. The van der Waals surface area contributed by atoms with E-state index >= 15 is 0 Å². The van der Waals surface area contributed by atoms with E-state index < -0.39 is 5.97 Å². The lowest BCUT2D eigenvalue weighted by Gasteiger charge is -2.17. The fourth-order valence-electron chi connectivity index (χ4n) is 3.75. The highest BCUT2D eigenvalue weighted by Gasteiger charge is 2.20. The van der Waals surface area contributed by atoms with Gasteiger partial charge in [-0.05, 0) is 42.0 Å². The third-order valence-corrected chi connectivity index (χ3v) is 5.24. The van der Waals surface area contributed by atoms with Crippen molar-refractivity contribution >= 4 is 27.8 Å². The predicted octanol–water partition coefficient (Wildman–Crippen LogP) is 5.29. The number of carbonyl (C=O) groups is 1. The highest BCUT2D eigenvalue weighted by molar-refractivity contribution is 6.06. The molecule has 7 heteroatoms. The molecule has 0 saturated heterocycles. The Morgan fingerprint density at radius 2 is 1.74 bits per heavy atom. The third-order valence-electron chi connectivity index (χ3n) is 5.24. The summed E-state index contributed by atoms with van der Waals surface area (Å²) >= 11 is 0. The quantitative estimate of drug-likeness (QED) is 0.418. The summed E-state index contributed by atoms with van der Waals surface area (Å²) in [6.45, 7) is 0. The van der Waals surface area contributed by atoms with Gasteiger partial charge in [0.05, 0.1) is 29.9 Å². The third kappa shape index (κ3) is 3.16. The minimum absolute atomic E-state index is 0.182. The van der Waals surface area contributed by atoms with Crippen LogP contribution in [0.5, 0.6) is 5.75 Å². The van der Waals surface area contributed by atoms with Crippen molar-refractivity contribution in [2.24, 2.45) is 0 Å². The maximum absolute atomic E-state index is 13.6. The zero-order valence-electron chi connectivity index (χ0n) is 16.4. The smallest absolute Gasteiger partial charge is 0.335 e. The minimum atomic E-state index is -1.00. The molecule has 0 atom stereocenters. The second-order valence-corrected chi connectivity index (χ2v) is 7.08. The number of aromatic nitrogens is 3. The van der Waals surface area contributed by atoms with Crippen molar-refractivity contribution in [1.82, 2.24) is 15.2 Å². The molecule has 2 aromatic heterocycles. The molecule has 0 radical (unpaired) electrons. The Hall–Kier alpha value is -4.26. The molecule has 31 heavy (non-hydrogen) atoms. The standard InChI is InChI=1S/C24H16FN3O3/c1-31-23-21(13-6-8-17(25)9-7-13)18-10-16-12-26-28-19(16)11-20(18)27-22(23)14-2-4-15(5-3-14)24(29)30/h2-12H,1H3,(H,26,28)(H,29,30). The van der Waals surface area contributed by atoms with Gasteiger partial charge in [-0.2, -0.15) is 5.10 Å². The second-order valence-electron chi connectivity index (χ2n) is 7.08. The number of methoxy groups -OCH3 is 1. The van der Waals surface area contributed by atoms with Crippen molar-refractivity contribution in [3.63, 3.8) is 0 Å². The van der Waals surface area contributed by atoms with Gasteiger partial charge in [-0.3, -0.25) is 5.10 Å². The van der Waals surface area contributed by atoms with Gasteiger partial charge in [-0.25, -0.2) is 14.2 Å². The number of halogens is 1. The van der Waals surface area contributed by atoms with Gasteiger partial charge >= 0.3 is 5.97 Å². The molecular formula is C24H16FN3O3. The lowest BCUT2D eigenvalue weighted by molar-refractivity contribution is 0.0697. The Morgan fingerprint density at radius 3 is 2.42 bits per heavy atom. The highest BCUT2D eigenvalue weighted by Crippen LogP contribution is 2.43. The largest absolute Gasteiger partial charge is 0.494 e. The summed E-state index contributed by atoms with van der Waals surface area (Å²) < 4.78 is 19.4. The molecule has 0 aliphatic rings. The first kappa shape index (κ1) is 18.7. The molecule has 0 aliphatic carbocycles. The van der Waals surface area contributed by atoms with Crippen LogP contribution in [-0.2, 0) is 0 Å². The molecule has 2 N–H and O–H groups in total. The van der Waals surface area contributed by atoms with Gasteiger partial charge in [0.25, 0.3) is 0 Å². The van der Waals surface area contributed by atoms with Crippen molar-refractivity contribution in [2.75, 3.05) is 7.11 Å². The molecule has 0 aliphatic heterocycles. The normalized spacial score (nSPS) is 11.2. The van der Waals surface area contributed by atoms with E-state index in [-0.39, 0.29) is 11.4 Å². The summed E-state index contributed by atoms with van der Waals surface area (Å²) in [4.78, 5) is 16.1. The summed E-state index contributed by atoms with van der Waals surface area (Å²) in [5.41, 5.74) is 4.53. The van der Waals surface area contributed by atoms with Crippen LogP contribution in [0, 0.1) is 5.82 Å². The number of hydrogen-bond donors (Lipinski definition) is 2. The molecule has 0 amide bonds. The van der Waals surface area contributed by atoms with Crippen LogP contribution in [0.4, 0.5) is 4.39 Å². The summed E-state index contributed by atoms with van der Waals surface area (Å²) in [5, 5.41) is 18.0.